The van der Waals surface area contributed by atoms with Crippen LogP contribution in [0.5, 0.6) is 11.5 Å². The lowest BCUT2D eigenvalue weighted by molar-refractivity contribution is 0.174. The molecule has 0 amide bonds. The fourth-order valence-electron chi connectivity index (χ4n) is 2.50. The molecule has 0 radical (unpaired) electrons. The van der Waals surface area contributed by atoms with Crippen molar-refractivity contribution in [2.24, 2.45) is 4.99 Å². The van der Waals surface area contributed by atoms with Gasteiger partial charge in [0, 0.05) is 26.2 Å². The van der Waals surface area contributed by atoms with E-state index >= 15 is 0 Å². The third-order valence-electron chi connectivity index (χ3n) is 3.82. The van der Waals surface area contributed by atoms with Gasteiger partial charge in [-0.3, -0.25) is 4.99 Å². The van der Waals surface area contributed by atoms with Gasteiger partial charge in [0.15, 0.2) is 17.5 Å². The zero-order chi connectivity index (χ0) is 17.6. The molecule has 0 saturated heterocycles. The molecule has 26 heavy (non-hydrogen) atoms. The Morgan fingerprint density at radius 1 is 1.08 bits per heavy atom. The number of nitrogens with zero attached hydrogens (tertiary/aromatic N) is 1. The lowest BCUT2D eigenvalue weighted by Crippen LogP contribution is -2.37. The quantitative estimate of drug-likeness (QED) is 0.397. The predicted octanol–water partition coefficient (Wildman–Crippen LogP) is 3.22. The summed E-state index contributed by atoms with van der Waals surface area (Å²) < 4.78 is 37.1. The van der Waals surface area contributed by atoms with E-state index in [1.165, 1.54) is 12.1 Å². The number of fused-ring (bicyclic) bond motifs is 1. The summed E-state index contributed by atoms with van der Waals surface area (Å²) in [5.41, 5.74) is 1.48. The summed E-state index contributed by atoms with van der Waals surface area (Å²) in [6, 6.07) is 9.33. The van der Waals surface area contributed by atoms with Gasteiger partial charge < -0.3 is 20.1 Å². The molecule has 2 aromatic rings. The Labute approximate surface area is 167 Å². The van der Waals surface area contributed by atoms with Crippen LogP contribution in [0.25, 0.3) is 0 Å². The minimum Gasteiger partial charge on any atom is -0.454 e. The molecule has 0 aliphatic carbocycles. The fourth-order valence-corrected chi connectivity index (χ4v) is 2.50. The van der Waals surface area contributed by atoms with Crippen LogP contribution in [0.3, 0.4) is 0 Å². The van der Waals surface area contributed by atoms with E-state index in [0.717, 1.165) is 23.1 Å². The Morgan fingerprint density at radius 2 is 1.88 bits per heavy atom. The second-order valence-electron chi connectivity index (χ2n) is 5.53. The highest BCUT2D eigenvalue weighted by molar-refractivity contribution is 14.0. The van der Waals surface area contributed by atoms with Gasteiger partial charge >= 0.3 is 0 Å². The lowest BCUT2D eigenvalue weighted by Gasteiger charge is -2.12. The molecule has 8 heteroatoms. The number of aliphatic imine (C=N–C) groups is 1. The third kappa shape index (κ3) is 5.20. The van der Waals surface area contributed by atoms with Crippen LogP contribution in [0.4, 0.5) is 8.78 Å². The van der Waals surface area contributed by atoms with Crippen LogP contribution < -0.4 is 20.1 Å². The average molecular weight is 475 g/mol. The zero-order valence-electron chi connectivity index (χ0n) is 14.2. The Balaban J connectivity index is 0.00000243. The number of hydrogen-bond donors (Lipinski definition) is 2. The van der Waals surface area contributed by atoms with Crippen molar-refractivity contribution in [3.63, 3.8) is 0 Å². The highest BCUT2D eigenvalue weighted by Gasteiger charge is 2.13. The van der Waals surface area contributed by atoms with Crippen molar-refractivity contribution < 1.29 is 18.3 Å². The monoisotopic (exact) mass is 475 g/mol. The molecular formula is C18H20F2IN3O2. The summed E-state index contributed by atoms with van der Waals surface area (Å²) in [7, 11) is 1.66. The standard InChI is InChI=1S/C18H19F2N3O2.HI/c1-21-18(22-7-6-13-3-4-14(19)9-15(13)20)23-10-12-2-5-16-17(8-12)25-11-24-16;/h2-5,8-9H,6-7,10-11H2,1H3,(H2,21,22,23);1H. The number of guanidine groups is 1. The van der Waals surface area contributed by atoms with Gasteiger partial charge in [-0.05, 0) is 35.7 Å². The van der Waals surface area contributed by atoms with E-state index in [1.807, 2.05) is 18.2 Å². The van der Waals surface area contributed by atoms with Crippen molar-refractivity contribution in [2.75, 3.05) is 20.4 Å². The van der Waals surface area contributed by atoms with Gasteiger partial charge in [-0.25, -0.2) is 8.78 Å². The van der Waals surface area contributed by atoms with Crippen LogP contribution in [-0.2, 0) is 13.0 Å². The van der Waals surface area contributed by atoms with Crippen molar-refractivity contribution in [3.05, 3.63) is 59.2 Å². The molecule has 5 nitrogen and oxygen atoms in total. The first-order valence-corrected chi connectivity index (χ1v) is 7.92. The first kappa shape index (κ1) is 20.2. The van der Waals surface area contributed by atoms with Crippen LogP contribution in [-0.4, -0.2) is 26.3 Å². The number of nitrogens with one attached hydrogen (secondary N) is 2. The third-order valence-corrected chi connectivity index (χ3v) is 3.82. The van der Waals surface area contributed by atoms with Crippen LogP contribution in [0.15, 0.2) is 41.4 Å². The van der Waals surface area contributed by atoms with Gasteiger partial charge in [-0.1, -0.05) is 12.1 Å². The highest BCUT2D eigenvalue weighted by Crippen LogP contribution is 2.32. The highest BCUT2D eigenvalue weighted by atomic mass is 127. The number of halogens is 3. The largest absolute Gasteiger partial charge is 0.454 e. The lowest BCUT2D eigenvalue weighted by atomic mass is 10.1. The summed E-state index contributed by atoms with van der Waals surface area (Å²) in [5, 5.41) is 6.28. The SMILES string of the molecule is CN=C(NCCc1ccc(F)cc1F)NCc1ccc2c(c1)OCO2.I. The minimum absolute atomic E-state index is 0. The Hall–Kier alpha value is -2.10. The first-order valence-electron chi connectivity index (χ1n) is 7.92. The molecular weight excluding hydrogens is 455 g/mol. The molecule has 0 saturated carbocycles. The molecule has 3 rings (SSSR count). The maximum atomic E-state index is 13.6. The molecule has 0 bridgehead atoms. The van der Waals surface area contributed by atoms with E-state index in [4.69, 9.17) is 9.47 Å². The van der Waals surface area contributed by atoms with Gasteiger partial charge in [0.1, 0.15) is 11.6 Å². The van der Waals surface area contributed by atoms with Gasteiger partial charge in [0.05, 0.1) is 0 Å². The molecule has 1 heterocycles. The fraction of sp³-hybridized carbons (Fsp3) is 0.278. The van der Waals surface area contributed by atoms with Gasteiger partial charge in [0.25, 0.3) is 0 Å². The van der Waals surface area contributed by atoms with E-state index in [-0.39, 0.29) is 30.8 Å². The van der Waals surface area contributed by atoms with E-state index in [2.05, 4.69) is 15.6 Å². The Kier molecular flexibility index (Phi) is 7.43. The summed E-state index contributed by atoms with van der Waals surface area (Å²) in [6.07, 6.45) is 0.427. The molecule has 0 aromatic heterocycles. The number of ether oxygens (including phenoxy) is 2. The normalized spacial score (nSPS) is 12.5. The molecule has 0 spiro atoms. The minimum atomic E-state index is -0.574. The summed E-state index contributed by atoms with van der Waals surface area (Å²) in [4.78, 5) is 4.13. The summed E-state index contributed by atoms with van der Waals surface area (Å²) in [5.74, 6) is 0.960. The van der Waals surface area contributed by atoms with E-state index in [1.54, 1.807) is 7.05 Å². The molecule has 0 atom stereocenters. The first-order chi connectivity index (χ1) is 12.2. The zero-order valence-corrected chi connectivity index (χ0v) is 16.6. The average Bonchev–Trinajstić information content (AvgIpc) is 3.07. The van der Waals surface area contributed by atoms with E-state index in [0.29, 0.717) is 31.0 Å². The summed E-state index contributed by atoms with van der Waals surface area (Å²) >= 11 is 0. The molecule has 0 unspecified atom stereocenters. The van der Waals surface area contributed by atoms with Crippen LogP contribution in [0, 0.1) is 11.6 Å². The second-order valence-corrected chi connectivity index (χ2v) is 5.53. The molecule has 0 fully saturated rings. The van der Waals surface area contributed by atoms with Crippen LogP contribution >= 0.6 is 24.0 Å². The summed E-state index contributed by atoms with van der Waals surface area (Å²) in [6.45, 7) is 1.28. The molecule has 1 aliphatic rings. The smallest absolute Gasteiger partial charge is 0.231 e. The van der Waals surface area contributed by atoms with Gasteiger partial charge in [-0.15, -0.1) is 24.0 Å². The number of rotatable bonds is 5. The number of hydrogen-bond acceptors (Lipinski definition) is 3. The molecule has 2 aromatic carbocycles. The Morgan fingerprint density at radius 3 is 2.65 bits per heavy atom. The topological polar surface area (TPSA) is 54.9 Å². The van der Waals surface area contributed by atoms with Crippen molar-refractivity contribution in [1.29, 1.82) is 0 Å². The van der Waals surface area contributed by atoms with Crippen molar-refractivity contribution in [2.45, 2.75) is 13.0 Å². The van der Waals surface area contributed by atoms with Gasteiger partial charge in [0.2, 0.25) is 6.79 Å². The Bertz CT molecular complexity index is 787. The predicted molar refractivity (Wildman–Crippen MR) is 106 cm³/mol. The van der Waals surface area contributed by atoms with E-state index < -0.39 is 11.6 Å². The molecule has 1 aliphatic heterocycles. The number of benzene rings is 2. The van der Waals surface area contributed by atoms with Crippen LogP contribution in [0.1, 0.15) is 11.1 Å². The van der Waals surface area contributed by atoms with Crippen molar-refractivity contribution >= 4 is 29.9 Å². The maximum absolute atomic E-state index is 13.6. The maximum Gasteiger partial charge on any atom is 0.231 e. The molecule has 2 N–H and O–H groups in total. The van der Waals surface area contributed by atoms with Gasteiger partial charge in [-0.2, -0.15) is 0 Å². The van der Waals surface area contributed by atoms with Crippen LogP contribution in [0.2, 0.25) is 0 Å². The second kappa shape index (κ2) is 9.56. The van der Waals surface area contributed by atoms with Crippen molar-refractivity contribution in [3.8, 4) is 11.5 Å². The van der Waals surface area contributed by atoms with E-state index in [9.17, 15) is 8.78 Å². The van der Waals surface area contributed by atoms with Crippen molar-refractivity contribution in [1.82, 2.24) is 10.6 Å². The molecule has 140 valence electrons.